The minimum absolute atomic E-state index is 0.0414. The first-order valence-corrected chi connectivity index (χ1v) is 8.91. The molecule has 2 N–H and O–H groups in total. The van der Waals surface area contributed by atoms with Crippen LogP contribution in [0.4, 0.5) is 10.8 Å². The fourth-order valence-electron chi connectivity index (χ4n) is 1.92. The first kappa shape index (κ1) is 18.4. The number of carbonyl (C=O) groups excluding carboxylic acids is 2. The van der Waals surface area contributed by atoms with E-state index < -0.39 is 0 Å². The number of methoxy groups -OCH3 is 1. The Morgan fingerprint density at radius 1 is 1.17 bits per heavy atom. The molecule has 7 nitrogen and oxygen atoms in total. The van der Waals surface area contributed by atoms with E-state index in [9.17, 15) is 9.59 Å². The molecule has 0 atom stereocenters. The van der Waals surface area contributed by atoms with Gasteiger partial charge in [-0.2, -0.15) is 0 Å². The molecule has 9 heteroatoms. The van der Waals surface area contributed by atoms with Crippen molar-refractivity contribution < 1.29 is 14.3 Å². The van der Waals surface area contributed by atoms with Gasteiger partial charge in [-0.25, -0.2) is 0 Å². The maximum atomic E-state index is 12.1. The normalized spacial score (nSPS) is 10.5. The second-order valence-corrected chi connectivity index (χ2v) is 7.16. The molecule has 0 fully saturated rings. The summed E-state index contributed by atoms with van der Waals surface area (Å²) in [6, 6.07) is 5.86. The topological polar surface area (TPSA) is 93.2 Å². The van der Waals surface area contributed by atoms with E-state index in [0.29, 0.717) is 9.47 Å². The molecule has 0 aliphatic rings. The highest BCUT2D eigenvalue weighted by atomic mass is 32.2. The Bertz CT molecular complexity index is 713. The molecule has 0 aliphatic carbocycles. The van der Waals surface area contributed by atoms with E-state index in [2.05, 4.69) is 20.8 Å². The molecular formula is C15H18N4O3S2. The standard InChI is InChI=1S/C15H18N4O3S2/c1-9-5-4-6-10(2)13(9)16-12(21)8-23-15-19-18-14(24-15)17-11(20)7-22-3/h4-6H,7-8H2,1-3H3,(H,16,21)(H,17,18,20). The summed E-state index contributed by atoms with van der Waals surface area (Å²) in [6.07, 6.45) is 0. The number of carbonyl (C=O) groups is 2. The van der Waals surface area contributed by atoms with Crippen molar-refractivity contribution >= 4 is 45.7 Å². The van der Waals surface area contributed by atoms with Gasteiger partial charge in [0, 0.05) is 12.8 Å². The van der Waals surface area contributed by atoms with Gasteiger partial charge in [0.1, 0.15) is 6.61 Å². The summed E-state index contributed by atoms with van der Waals surface area (Å²) in [5.74, 6) is -0.190. The summed E-state index contributed by atoms with van der Waals surface area (Å²) in [7, 11) is 1.44. The minimum Gasteiger partial charge on any atom is -0.375 e. The van der Waals surface area contributed by atoms with Gasteiger partial charge in [-0.3, -0.25) is 14.9 Å². The van der Waals surface area contributed by atoms with Crippen molar-refractivity contribution in [3.05, 3.63) is 29.3 Å². The average molecular weight is 366 g/mol. The highest BCUT2D eigenvalue weighted by Gasteiger charge is 2.12. The van der Waals surface area contributed by atoms with Gasteiger partial charge in [0.15, 0.2) is 4.34 Å². The van der Waals surface area contributed by atoms with Gasteiger partial charge in [0.25, 0.3) is 5.91 Å². The third-order valence-electron chi connectivity index (χ3n) is 3.00. The van der Waals surface area contributed by atoms with Gasteiger partial charge >= 0.3 is 0 Å². The highest BCUT2D eigenvalue weighted by molar-refractivity contribution is 8.01. The Morgan fingerprint density at radius 2 is 1.88 bits per heavy atom. The van der Waals surface area contributed by atoms with Gasteiger partial charge in [0.05, 0.1) is 5.75 Å². The van der Waals surface area contributed by atoms with Crippen molar-refractivity contribution in [2.24, 2.45) is 0 Å². The molecule has 0 spiro atoms. The number of aromatic nitrogens is 2. The van der Waals surface area contributed by atoms with Crippen LogP contribution in [0, 0.1) is 13.8 Å². The molecule has 2 amide bonds. The summed E-state index contributed by atoms with van der Waals surface area (Å²) in [6.45, 7) is 3.87. The third-order valence-corrected chi connectivity index (χ3v) is 4.97. The molecule has 0 aliphatic heterocycles. The largest absolute Gasteiger partial charge is 0.375 e. The van der Waals surface area contributed by atoms with Crippen LogP contribution in [-0.2, 0) is 14.3 Å². The fourth-order valence-corrected chi connectivity index (χ4v) is 3.49. The van der Waals surface area contributed by atoms with Gasteiger partial charge in [-0.15, -0.1) is 10.2 Å². The van der Waals surface area contributed by atoms with E-state index in [-0.39, 0.29) is 24.2 Å². The van der Waals surface area contributed by atoms with Crippen molar-refractivity contribution in [3.8, 4) is 0 Å². The van der Waals surface area contributed by atoms with Crippen molar-refractivity contribution in [3.63, 3.8) is 0 Å². The van der Waals surface area contributed by atoms with Crippen LogP contribution in [0.2, 0.25) is 0 Å². The van der Waals surface area contributed by atoms with Gasteiger partial charge in [0.2, 0.25) is 11.0 Å². The van der Waals surface area contributed by atoms with E-state index in [0.717, 1.165) is 16.8 Å². The molecule has 0 bridgehead atoms. The lowest BCUT2D eigenvalue weighted by Gasteiger charge is -2.10. The van der Waals surface area contributed by atoms with Crippen LogP contribution < -0.4 is 10.6 Å². The number of aryl methyl sites for hydroxylation is 2. The molecule has 24 heavy (non-hydrogen) atoms. The third kappa shape index (κ3) is 5.29. The van der Waals surface area contributed by atoms with Crippen LogP contribution >= 0.6 is 23.1 Å². The molecule has 1 aromatic carbocycles. The van der Waals surface area contributed by atoms with Crippen LogP contribution in [0.5, 0.6) is 0 Å². The molecule has 1 heterocycles. The maximum absolute atomic E-state index is 12.1. The number of thioether (sulfide) groups is 1. The fraction of sp³-hybridized carbons (Fsp3) is 0.333. The highest BCUT2D eigenvalue weighted by Crippen LogP contribution is 2.26. The Labute approximate surface area is 148 Å². The molecule has 0 saturated carbocycles. The Morgan fingerprint density at radius 3 is 2.54 bits per heavy atom. The molecule has 128 valence electrons. The number of ether oxygens (including phenoxy) is 1. The number of para-hydroxylation sites is 1. The zero-order valence-electron chi connectivity index (χ0n) is 13.6. The van der Waals surface area contributed by atoms with Gasteiger partial charge in [-0.1, -0.05) is 41.3 Å². The predicted octanol–water partition coefficient (Wildman–Crippen LogP) is 2.47. The second-order valence-electron chi connectivity index (χ2n) is 4.96. The lowest BCUT2D eigenvalue weighted by molar-refractivity contribution is -0.119. The number of anilines is 2. The Kier molecular flexibility index (Phi) is 6.71. The number of amides is 2. The summed E-state index contributed by atoms with van der Waals surface area (Å²) in [5, 5.41) is 13.7. The number of hydrogen-bond acceptors (Lipinski definition) is 7. The summed E-state index contributed by atoms with van der Waals surface area (Å²) in [4.78, 5) is 23.5. The van der Waals surface area contributed by atoms with E-state index in [1.807, 2.05) is 32.0 Å². The zero-order valence-corrected chi connectivity index (χ0v) is 15.2. The van der Waals surface area contributed by atoms with Crippen LogP contribution in [0.1, 0.15) is 11.1 Å². The number of benzene rings is 1. The molecule has 2 rings (SSSR count). The summed E-state index contributed by atoms with van der Waals surface area (Å²) >= 11 is 2.49. The quantitative estimate of drug-likeness (QED) is 0.578. The molecule has 1 aromatic heterocycles. The van der Waals surface area contributed by atoms with Crippen molar-refractivity contribution in [1.82, 2.24) is 10.2 Å². The van der Waals surface area contributed by atoms with Crippen LogP contribution in [0.15, 0.2) is 22.5 Å². The molecule has 0 unspecified atom stereocenters. The lowest BCUT2D eigenvalue weighted by Crippen LogP contribution is -2.16. The summed E-state index contributed by atoms with van der Waals surface area (Å²) in [5.41, 5.74) is 2.88. The smallest absolute Gasteiger partial charge is 0.252 e. The molecular weight excluding hydrogens is 348 g/mol. The van der Waals surface area contributed by atoms with Crippen molar-refractivity contribution in [2.45, 2.75) is 18.2 Å². The van der Waals surface area contributed by atoms with Gasteiger partial charge in [-0.05, 0) is 25.0 Å². The number of nitrogens with zero attached hydrogens (tertiary/aromatic N) is 2. The number of nitrogens with one attached hydrogen (secondary N) is 2. The number of hydrogen-bond donors (Lipinski definition) is 2. The summed E-state index contributed by atoms with van der Waals surface area (Å²) < 4.78 is 5.33. The maximum Gasteiger partial charge on any atom is 0.252 e. The first-order chi connectivity index (χ1) is 11.5. The molecule has 0 radical (unpaired) electrons. The van der Waals surface area contributed by atoms with E-state index in [4.69, 9.17) is 4.74 Å². The predicted molar refractivity (Wildman–Crippen MR) is 95.7 cm³/mol. The van der Waals surface area contributed by atoms with E-state index in [1.165, 1.54) is 30.2 Å². The lowest BCUT2D eigenvalue weighted by atomic mass is 10.1. The Hall–Kier alpha value is -1.97. The monoisotopic (exact) mass is 366 g/mol. The molecule has 0 saturated heterocycles. The van der Waals surface area contributed by atoms with Gasteiger partial charge < -0.3 is 10.1 Å². The zero-order chi connectivity index (χ0) is 17.5. The van der Waals surface area contributed by atoms with E-state index >= 15 is 0 Å². The Balaban J connectivity index is 1.86. The average Bonchev–Trinajstić information content (AvgIpc) is 2.97. The van der Waals surface area contributed by atoms with Crippen LogP contribution in [0.25, 0.3) is 0 Å². The van der Waals surface area contributed by atoms with Crippen LogP contribution in [0.3, 0.4) is 0 Å². The SMILES string of the molecule is COCC(=O)Nc1nnc(SCC(=O)Nc2c(C)cccc2C)s1. The minimum atomic E-state index is -0.294. The van der Waals surface area contributed by atoms with E-state index in [1.54, 1.807) is 0 Å². The van der Waals surface area contributed by atoms with Crippen molar-refractivity contribution in [1.29, 1.82) is 0 Å². The molecule has 2 aromatic rings. The second kappa shape index (κ2) is 8.76. The number of rotatable bonds is 7. The first-order valence-electron chi connectivity index (χ1n) is 7.10. The van der Waals surface area contributed by atoms with Crippen LogP contribution in [-0.4, -0.2) is 41.5 Å². The van der Waals surface area contributed by atoms with Crippen molar-refractivity contribution in [2.75, 3.05) is 30.1 Å².